The van der Waals surface area contributed by atoms with Gasteiger partial charge in [-0.2, -0.15) is 0 Å². The van der Waals surface area contributed by atoms with E-state index in [0.717, 1.165) is 0 Å². The van der Waals surface area contributed by atoms with Crippen LogP contribution in [-0.2, 0) is 6.42 Å². The van der Waals surface area contributed by atoms with Crippen molar-refractivity contribution >= 4 is 21.7 Å². The maximum Gasteiger partial charge on any atom is 0.193 e. The highest BCUT2D eigenvalue weighted by Crippen LogP contribution is 2.20. The summed E-state index contributed by atoms with van der Waals surface area (Å²) in [6.45, 7) is 1.82. The molecule has 0 atom stereocenters. The molecule has 2 aromatic rings. The first kappa shape index (κ1) is 11.0. The summed E-state index contributed by atoms with van der Waals surface area (Å²) in [6.07, 6.45) is 3.36. The zero-order valence-electron chi connectivity index (χ0n) is 8.48. The molecule has 0 saturated heterocycles. The second-order valence-corrected chi connectivity index (χ2v) is 3.97. The molecule has 0 aliphatic heterocycles. The normalized spacial score (nSPS) is 10.7. The topological polar surface area (TPSA) is 69.6 Å². The number of hydrogen-bond acceptors (Lipinski definition) is 4. The third-order valence-electron chi connectivity index (χ3n) is 2.09. The first-order valence-corrected chi connectivity index (χ1v) is 5.43. The fraction of sp³-hybridized carbons (Fsp3) is 0.222. The highest BCUT2D eigenvalue weighted by molar-refractivity contribution is 9.10. The SMILES string of the molecule is CCc1ncnc(-n2cc(Br)c(N)n2)c1F. The molecule has 84 valence electrons. The Labute approximate surface area is 99.6 Å². The fourth-order valence-electron chi connectivity index (χ4n) is 1.28. The van der Waals surface area contributed by atoms with Gasteiger partial charge in [0, 0.05) is 6.20 Å². The van der Waals surface area contributed by atoms with Crippen molar-refractivity contribution in [3.05, 3.63) is 28.5 Å². The first-order chi connectivity index (χ1) is 7.63. The van der Waals surface area contributed by atoms with E-state index in [1.165, 1.54) is 11.0 Å². The molecule has 0 amide bonds. The molecule has 0 fully saturated rings. The van der Waals surface area contributed by atoms with Crippen LogP contribution in [-0.4, -0.2) is 19.7 Å². The second kappa shape index (κ2) is 4.17. The van der Waals surface area contributed by atoms with E-state index >= 15 is 0 Å². The minimum atomic E-state index is -0.472. The van der Waals surface area contributed by atoms with Crippen LogP contribution in [0.15, 0.2) is 17.0 Å². The van der Waals surface area contributed by atoms with Crippen molar-refractivity contribution < 1.29 is 4.39 Å². The minimum Gasteiger partial charge on any atom is -0.381 e. The molecule has 5 nitrogen and oxygen atoms in total. The summed E-state index contributed by atoms with van der Waals surface area (Å²) >= 11 is 3.20. The number of halogens is 2. The second-order valence-electron chi connectivity index (χ2n) is 3.12. The Morgan fingerprint density at radius 2 is 2.25 bits per heavy atom. The van der Waals surface area contributed by atoms with Crippen LogP contribution < -0.4 is 5.73 Å². The number of rotatable bonds is 2. The molecule has 16 heavy (non-hydrogen) atoms. The van der Waals surface area contributed by atoms with Gasteiger partial charge in [0.05, 0.1) is 10.2 Å². The lowest BCUT2D eigenvalue weighted by Gasteiger charge is -2.03. The zero-order chi connectivity index (χ0) is 11.7. The molecule has 7 heteroatoms. The lowest BCUT2D eigenvalue weighted by Crippen LogP contribution is -2.06. The van der Waals surface area contributed by atoms with E-state index in [0.29, 0.717) is 16.6 Å². The van der Waals surface area contributed by atoms with Gasteiger partial charge >= 0.3 is 0 Å². The van der Waals surface area contributed by atoms with Crippen molar-refractivity contribution in [2.45, 2.75) is 13.3 Å². The molecule has 0 saturated carbocycles. The number of nitrogens with two attached hydrogens (primary N) is 1. The Morgan fingerprint density at radius 1 is 1.50 bits per heavy atom. The molecule has 2 heterocycles. The first-order valence-electron chi connectivity index (χ1n) is 4.63. The van der Waals surface area contributed by atoms with Gasteiger partial charge in [0.2, 0.25) is 0 Å². The summed E-state index contributed by atoms with van der Waals surface area (Å²) in [5, 5.41) is 3.93. The van der Waals surface area contributed by atoms with Crippen LogP contribution >= 0.6 is 15.9 Å². The highest BCUT2D eigenvalue weighted by atomic mass is 79.9. The van der Waals surface area contributed by atoms with Gasteiger partial charge in [-0.05, 0) is 22.4 Å². The summed E-state index contributed by atoms with van der Waals surface area (Å²) in [5.74, 6) is -0.0830. The minimum absolute atomic E-state index is 0.101. The van der Waals surface area contributed by atoms with E-state index in [1.54, 1.807) is 6.20 Å². The van der Waals surface area contributed by atoms with Crippen molar-refractivity contribution in [1.82, 2.24) is 19.7 Å². The molecule has 0 spiro atoms. The van der Waals surface area contributed by atoms with Crippen molar-refractivity contribution in [3.63, 3.8) is 0 Å². The van der Waals surface area contributed by atoms with Gasteiger partial charge in [-0.25, -0.2) is 19.0 Å². The van der Waals surface area contributed by atoms with Gasteiger partial charge in [0.15, 0.2) is 17.5 Å². The maximum absolute atomic E-state index is 13.9. The largest absolute Gasteiger partial charge is 0.381 e. The van der Waals surface area contributed by atoms with Gasteiger partial charge in [-0.3, -0.25) is 0 Å². The summed E-state index contributed by atoms with van der Waals surface area (Å²) in [4.78, 5) is 7.69. The molecule has 2 aromatic heterocycles. The number of nitrogens with zero attached hydrogens (tertiary/aromatic N) is 4. The van der Waals surface area contributed by atoms with Crippen LogP contribution in [0, 0.1) is 5.82 Å². The number of anilines is 1. The summed E-state index contributed by atoms with van der Waals surface area (Å²) < 4.78 is 15.7. The van der Waals surface area contributed by atoms with Crippen LogP contribution in [0.2, 0.25) is 0 Å². The fourth-order valence-corrected chi connectivity index (χ4v) is 1.55. The Bertz CT molecular complexity index is 505. The van der Waals surface area contributed by atoms with Crippen molar-refractivity contribution in [2.75, 3.05) is 5.73 Å². The number of hydrogen-bond donors (Lipinski definition) is 1. The Hall–Kier alpha value is -1.50. The van der Waals surface area contributed by atoms with Crippen molar-refractivity contribution in [1.29, 1.82) is 0 Å². The third-order valence-corrected chi connectivity index (χ3v) is 2.70. The average molecular weight is 286 g/mol. The zero-order valence-corrected chi connectivity index (χ0v) is 10.1. The monoisotopic (exact) mass is 285 g/mol. The smallest absolute Gasteiger partial charge is 0.193 e. The molecule has 0 unspecified atom stereocenters. The van der Waals surface area contributed by atoms with Gasteiger partial charge in [-0.1, -0.05) is 6.92 Å². The quantitative estimate of drug-likeness (QED) is 0.912. The van der Waals surface area contributed by atoms with Crippen LogP contribution in [0.1, 0.15) is 12.6 Å². The molecule has 2 N–H and O–H groups in total. The highest BCUT2D eigenvalue weighted by Gasteiger charge is 2.13. The molecule has 0 radical (unpaired) electrons. The number of nitrogen functional groups attached to an aromatic ring is 1. The average Bonchev–Trinajstić information content (AvgIpc) is 2.59. The van der Waals surface area contributed by atoms with E-state index in [-0.39, 0.29) is 11.6 Å². The van der Waals surface area contributed by atoms with E-state index < -0.39 is 5.82 Å². The van der Waals surface area contributed by atoms with Crippen LogP contribution in [0.25, 0.3) is 5.82 Å². The van der Waals surface area contributed by atoms with E-state index in [2.05, 4.69) is 31.0 Å². The Kier molecular flexibility index (Phi) is 2.86. The van der Waals surface area contributed by atoms with Gasteiger partial charge < -0.3 is 5.73 Å². The predicted octanol–water partition coefficient (Wildman–Crippen LogP) is 1.71. The molecular formula is C9H9BrFN5. The molecule has 2 rings (SSSR count). The summed E-state index contributed by atoms with van der Waals surface area (Å²) in [7, 11) is 0. The standard InChI is InChI=1S/C9H9BrFN5/c1-2-6-7(11)9(14-4-13-6)16-3-5(10)8(12)15-16/h3-4H,2H2,1H3,(H2,12,15). The van der Waals surface area contributed by atoms with Crippen molar-refractivity contribution in [3.8, 4) is 5.82 Å². The summed E-state index contributed by atoms with van der Waals surface area (Å²) in [6, 6.07) is 0. The Balaban J connectivity index is 2.55. The van der Waals surface area contributed by atoms with Crippen molar-refractivity contribution in [2.24, 2.45) is 0 Å². The molecule has 0 aliphatic carbocycles. The summed E-state index contributed by atoms with van der Waals surface area (Å²) in [5.41, 5.74) is 5.91. The molecule has 0 aliphatic rings. The van der Waals surface area contributed by atoms with E-state index in [9.17, 15) is 4.39 Å². The lowest BCUT2D eigenvalue weighted by atomic mass is 10.3. The van der Waals surface area contributed by atoms with Crippen LogP contribution in [0.4, 0.5) is 10.2 Å². The number of aromatic nitrogens is 4. The maximum atomic E-state index is 13.9. The third kappa shape index (κ3) is 1.78. The molecule has 0 bridgehead atoms. The lowest BCUT2D eigenvalue weighted by molar-refractivity contribution is 0.574. The van der Waals surface area contributed by atoms with Crippen LogP contribution in [0.5, 0.6) is 0 Å². The van der Waals surface area contributed by atoms with Gasteiger partial charge in [0.25, 0.3) is 0 Å². The molecule has 0 aromatic carbocycles. The van der Waals surface area contributed by atoms with E-state index in [1.807, 2.05) is 6.92 Å². The predicted molar refractivity (Wildman–Crippen MR) is 60.6 cm³/mol. The van der Waals surface area contributed by atoms with Crippen LogP contribution in [0.3, 0.4) is 0 Å². The number of aryl methyl sites for hydroxylation is 1. The van der Waals surface area contributed by atoms with Gasteiger partial charge in [0.1, 0.15) is 6.33 Å². The molecular weight excluding hydrogens is 277 g/mol. The Morgan fingerprint density at radius 3 is 2.81 bits per heavy atom. The van der Waals surface area contributed by atoms with Gasteiger partial charge in [-0.15, -0.1) is 5.10 Å². The van der Waals surface area contributed by atoms with E-state index in [4.69, 9.17) is 5.73 Å².